The third kappa shape index (κ3) is 5.84. The van der Waals surface area contributed by atoms with Crippen molar-refractivity contribution in [2.75, 3.05) is 13.7 Å². The Morgan fingerprint density at radius 3 is 2.48 bits per heavy atom. The van der Waals surface area contributed by atoms with E-state index in [4.69, 9.17) is 9.15 Å². The minimum Gasteiger partial charge on any atom is -0.496 e. The zero-order valence-corrected chi connectivity index (χ0v) is 19.5. The number of para-hydroxylation sites is 1. The van der Waals surface area contributed by atoms with Crippen molar-refractivity contribution in [3.8, 4) is 17.2 Å². The number of nitrogens with one attached hydrogen (secondary N) is 1. The SMILES string of the molecule is COc1ccccc1CCNC(=O)c1ccc(-c2nc(CSc3ccccc3)c(C)o2)cc1. The monoisotopic (exact) mass is 458 g/mol. The van der Waals surface area contributed by atoms with E-state index in [9.17, 15) is 4.79 Å². The van der Waals surface area contributed by atoms with Crippen LogP contribution < -0.4 is 10.1 Å². The van der Waals surface area contributed by atoms with Crippen LogP contribution in [0.15, 0.2) is 88.2 Å². The molecule has 0 saturated carbocycles. The Morgan fingerprint density at radius 1 is 1.00 bits per heavy atom. The van der Waals surface area contributed by atoms with Crippen LogP contribution in [-0.2, 0) is 12.2 Å². The van der Waals surface area contributed by atoms with Crippen molar-refractivity contribution < 1.29 is 13.9 Å². The fourth-order valence-corrected chi connectivity index (χ4v) is 4.36. The van der Waals surface area contributed by atoms with Crippen molar-refractivity contribution in [3.05, 3.63) is 101 Å². The highest BCUT2D eigenvalue weighted by molar-refractivity contribution is 7.98. The van der Waals surface area contributed by atoms with E-state index in [0.717, 1.165) is 34.1 Å². The van der Waals surface area contributed by atoms with Crippen molar-refractivity contribution in [2.45, 2.75) is 24.0 Å². The number of hydrogen-bond donors (Lipinski definition) is 1. The van der Waals surface area contributed by atoms with E-state index in [2.05, 4.69) is 22.4 Å². The molecular formula is C27H26N2O3S. The molecule has 6 heteroatoms. The molecule has 1 aromatic heterocycles. The molecule has 4 rings (SSSR count). The Hall–Kier alpha value is -3.51. The lowest BCUT2D eigenvalue weighted by molar-refractivity contribution is 0.0954. The van der Waals surface area contributed by atoms with Crippen molar-refractivity contribution >= 4 is 17.7 Å². The summed E-state index contributed by atoms with van der Waals surface area (Å²) in [6.45, 7) is 2.46. The lowest BCUT2D eigenvalue weighted by Crippen LogP contribution is -2.25. The molecule has 1 N–H and O–H groups in total. The first kappa shape index (κ1) is 22.7. The van der Waals surface area contributed by atoms with Gasteiger partial charge >= 0.3 is 0 Å². The van der Waals surface area contributed by atoms with Gasteiger partial charge in [-0.2, -0.15) is 0 Å². The molecule has 0 spiro atoms. The van der Waals surface area contributed by atoms with Crippen molar-refractivity contribution in [1.29, 1.82) is 0 Å². The largest absolute Gasteiger partial charge is 0.496 e. The average Bonchev–Trinajstić information content (AvgIpc) is 3.24. The van der Waals surface area contributed by atoms with Crippen LogP contribution >= 0.6 is 11.8 Å². The van der Waals surface area contributed by atoms with Gasteiger partial charge in [-0.25, -0.2) is 4.98 Å². The summed E-state index contributed by atoms with van der Waals surface area (Å²) in [7, 11) is 1.65. The van der Waals surface area contributed by atoms with Gasteiger partial charge in [-0.05, 0) is 61.4 Å². The molecule has 0 unspecified atom stereocenters. The summed E-state index contributed by atoms with van der Waals surface area (Å²) in [6.07, 6.45) is 0.702. The van der Waals surface area contributed by atoms with Crippen molar-refractivity contribution in [3.63, 3.8) is 0 Å². The summed E-state index contributed by atoms with van der Waals surface area (Å²) in [5.41, 5.74) is 3.44. The van der Waals surface area contributed by atoms with Gasteiger partial charge in [-0.15, -0.1) is 11.8 Å². The Kier molecular flexibility index (Phi) is 7.47. The normalized spacial score (nSPS) is 10.7. The van der Waals surface area contributed by atoms with Crippen LogP contribution in [0.25, 0.3) is 11.5 Å². The molecule has 4 aromatic rings. The lowest BCUT2D eigenvalue weighted by atomic mass is 10.1. The predicted octanol–water partition coefficient (Wildman–Crippen LogP) is 5.92. The first-order valence-corrected chi connectivity index (χ1v) is 11.8. The molecule has 0 fully saturated rings. The number of amides is 1. The summed E-state index contributed by atoms with van der Waals surface area (Å²) in [6, 6.07) is 25.4. The molecule has 3 aromatic carbocycles. The van der Waals surface area contributed by atoms with Gasteiger partial charge in [0.2, 0.25) is 5.89 Å². The number of benzene rings is 3. The number of oxazole rings is 1. The maximum atomic E-state index is 12.5. The number of thioether (sulfide) groups is 1. The Balaban J connectivity index is 1.34. The van der Waals surface area contributed by atoms with E-state index in [1.807, 2.05) is 61.5 Å². The lowest BCUT2D eigenvalue weighted by Gasteiger charge is -2.09. The van der Waals surface area contributed by atoms with Crippen molar-refractivity contribution in [1.82, 2.24) is 10.3 Å². The second-order valence-electron chi connectivity index (χ2n) is 7.52. The number of aromatic nitrogens is 1. The van der Waals surface area contributed by atoms with Crippen LogP contribution in [0.1, 0.15) is 27.4 Å². The Bertz CT molecular complexity index is 1200. The molecule has 33 heavy (non-hydrogen) atoms. The van der Waals surface area contributed by atoms with Gasteiger partial charge in [-0.3, -0.25) is 4.79 Å². The summed E-state index contributed by atoms with van der Waals surface area (Å²) >= 11 is 1.73. The van der Waals surface area contributed by atoms with Crippen LogP contribution in [0.2, 0.25) is 0 Å². The van der Waals surface area contributed by atoms with Crippen LogP contribution in [-0.4, -0.2) is 24.5 Å². The maximum Gasteiger partial charge on any atom is 0.251 e. The van der Waals surface area contributed by atoms with Gasteiger partial charge in [-0.1, -0.05) is 36.4 Å². The third-order valence-corrected chi connectivity index (χ3v) is 6.30. The fraction of sp³-hybridized carbons (Fsp3) is 0.185. The number of carbonyl (C=O) groups excluding carboxylic acids is 1. The molecular weight excluding hydrogens is 432 g/mol. The minimum atomic E-state index is -0.111. The quantitative estimate of drug-likeness (QED) is 0.315. The number of hydrogen-bond acceptors (Lipinski definition) is 5. The number of rotatable bonds is 9. The fourth-order valence-electron chi connectivity index (χ4n) is 3.44. The smallest absolute Gasteiger partial charge is 0.251 e. The molecule has 0 radical (unpaired) electrons. The van der Waals surface area contributed by atoms with Gasteiger partial charge in [0.05, 0.1) is 12.8 Å². The standard InChI is InChI=1S/C27H26N2O3S/c1-19-24(18-33-23-9-4-3-5-10-23)29-27(32-19)22-14-12-21(13-15-22)26(30)28-17-16-20-8-6-7-11-25(20)31-2/h3-15H,16-18H2,1-2H3,(H,28,30). The molecule has 0 bridgehead atoms. The van der Waals surface area contributed by atoms with E-state index in [1.54, 1.807) is 31.0 Å². The van der Waals surface area contributed by atoms with Gasteiger partial charge in [0, 0.05) is 28.3 Å². The van der Waals surface area contributed by atoms with Gasteiger partial charge in [0.1, 0.15) is 11.5 Å². The number of aryl methyl sites for hydroxylation is 1. The van der Waals surface area contributed by atoms with E-state index in [1.165, 1.54) is 4.90 Å². The molecule has 1 heterocycles. The molecule has 0 aliphatic rings. The number of ether oxygens (including phenoxy) is 1. The van der Waals surface area contributed by atoms with Gasteiger partial charge < -0.3 is 14.5 Å². The van der Waals surface area contributed by atoms with E-state index in [0.29, 0.717) is 24.4 Å². The zero-order valence-electron chi connectivity index (χ0n) is 18.7. The highest BCUT2D eigenvalue weighted by Gasteiger charge is 2.13. The second kappa shape index (κ2) is 10.9. The molecule has 0 atom stereocenters. The molecule has 168 valence electrons. The van der Waals surface area contributed by atoms with Crippen LogP contribution in [0.4, 0.5) is 0 Å². The zero-order chi connectivity index (χ0) is 23.0. The topological polar surface area (TPSA) is 64.4 Å². The second-order valence-corrected chi connectivity index (χ2v) is 8.57. The predicted molar refractivity (Wildman–Crippen MR) is 132 cm³/mol. The highest BCUT2D eigenvalue weighted by atomic mass is 32.2. The molecule has 5 nitrogen and oxygen atoms in total. The minimum absolute atomic E-state index is 0.111. The summed E-state index contributed by atoms with van der Waals surface area (Å²) in [5, 5.41) is 2.97. The molecule has 0 saturated heterocycles. The maximum absolute atomic E-state index is 12.5. The number of methoxy groups -OCH3 is 1. The number of carbonyl (C=O) groups is 1. The van der Waals surface area contributed by atoms with E-state index in [-0.39, 0.29) is 5.91 Å². The highest BCUT2D eigenvalue weighted by Crippen LogP contribution is 2.27. The van der Waals surface area contributed by atoms with Gasteiger partial charge in [0.15, 0.2) is 0 Å². The Morgan fingerprint density at radius 2 is 1.73 bits per heavy atom. The summed E-state index contributed by atoms with van der Waals surface area (Å²) in [5.74, 6) is 2.84. The van der Waals surface area contributed by atoms with Gasteiger partial charge in [0.25, 0.3) is 5.91 Å². The molecule has 1 amide bonds. The first-order valence-electron chi connectivity index (χ1n) is 10.8. The molecule has 0 aliphatic carbocycles. The average molecular weight is 459 g/mol. The van der Waals surface area contributed by atoms with Crippen molar-refractivity contribution in [2.24, 2.45) is 0 Å². The van der Waals surface area contributed by atoms with E-state index < -0.39 is 0 Å². The first-order chi connectivity index (χ1) is 16.1. The summed E-state index contributed by atoms with van der Waals surface area (Å²) in [4.78, 5) is 18.4. The summed E-state index contributed by atoms with van der Waals surface area (Å²) < 4.78 is 11.3. The van der Waals surface area contributed by atoms with Crippen LogP contribution in [0.3, 0.4) is 0 Å². The van der Waals surface area contributed by atoms with Crippen LogP contribution in [0, 0.1) is 6.92 Å². The van der Waals surface area contributed by atoms with Crippen LogP contribution in [0.5, 0.6) is 5.75 Å². The third-order valence-electron chi connectivity index (χ3n) is 5.28. The Labute approximate surface area is 198 Å². The molecule has 0 aliphatic heterocycles. The number of nitrogens with zero attached hydrogens (tertiary/aromatic N) is 1. The van der Waals surface area contributed by atoms with E-state index >= 15 is 0 Å².